The van der Waals surface area contributed by atoms with E-state index in [1.54, 1.807) is 0 Å². The standard InChI is InChI=1S/C24H26F4N6O5S/c1-29-22(35)15-9-20(39-4)18(10-17(15)25)32-23-31-12-16(24(26,27)28)21(33-23)30-11-13-6-7-14(38-3)8-19(13)34(2)40(5,36)37/h6-10,12H,11H2,1-5H3,(H,29,35)(H2,30,31,32,33). The van der Waals surface area contributed by atoms with Crippen LogP contribution in [0.4, 0.5) is 40.7 Å². The molecule has 0 saturated heterocycles. The smallest absolute Gasteiger partial charge is 0.421 e. The van der Waals surface area contributed by atoms with Crippen molar-refractivity contribution >= 4 is 39.1 Å². The predicted molar refractivity (Wildman–Crippen MR) is 140 cm³/mol. The molecular weight excluding hydrogens is 560 g/mol. The maximum absolute atomic E-state index is 14.5. The molecule has 0 bridgehead atoms. The Labute approximate surface area is 227 Å². The monoisotopic (exact) mass is 586 g/mol. The zero-order valence-corrected chi connectivity index (χ0v) is 22.8. The van der Waals surface area contributed by atoms with E-state index < -0.39 is 39.3 Å². The number of amides is 1. The summed E-state index contributed by atoms with van der Waals surface area (Å²) in [7, 11) is 1.54. The quantitative estimate of drug-likeness (QED) is 0.304. The Bertz CT molecular complexity index is 1520. The van der Waals surface area contributed by atoms with Crippen molar-refractivity contribution in [2.24, 2.45) is 0 Å². The molecule has 11 nitrogen and oxygen atoms in total. The van der Waals surface area contributed by atoms with Crippen LogP contribution >= 0.6 is 0 Å². The molecule has 3 rings (SSSR count). The van der Waals surface area contributed by atoms with Crippen LogP contribution in [0.5, 0.6) is 11.5 Å². The fourth-order valence-electron chi connectivity index (χ4n) is 3.50. The SMILES string of the molecule is CNC(=O)c1cc(OC)c(Nc2ncc(C(F)(F)F)c(NCc3ccc(OC)cc3N(C)S(C)(=O)=O)n2)cc1F. The highest BCUT2D eigenvalue weighted by Crippen LogP contribution is 2.36. The summed E-state index contributed by atoms with van der Waals surface area (Å²) in [5.41, 5.74) is -1.06. The first-order chi connectivity index (χ1) is 18.7. The van der Waals surface area contributed by atoms with Crippen molar-refractivity contribution in [3.05, 3.63) is 59.0 Å². The van der Waals surface area contributed by atoms with Gasteiger partial charge in [0, 0.05) is 39.0 Å². The first-order valence-electron chi connectivity index (χ1n) is 11.3. The van der Waals surface area contributed by atoms with Gasteiger partial charge in [-0.1, -0.05) is 6.07 Å². The summed E-state index contributed by atoms with van der Waals surface area (Å²) in [5.74, 6) is -2.26. The van der Waals surface area contributed by atoms with E-state index in [0.717, 1.165) is 22.7 Å². The molecule has 0 aliphatic carbocycles. The second kappa shape index (κ2) is 11.8. The van der Waals surface area contributed by atoms with Crippen LogP contribution in [0, 0.1) is 5.82 Å². The Morgan fingerprint density at radius 1 is 1.12 bits per heavy atom. The van der Waals surface area contributed by atoms with E-state index in [9.17, 15) is 30.8 Å². The van der Waals surface area contributed by atoms with Crippen molar-refractivity contribution in [1.82, 2.24) is 15.3 Å². The van der Waals surface area contributed by atoms with E-state index in [2.05, 4.69) is 25.9 Å². The van der Waals surface area contributed by atoms with Gasteiger partial charge in [0.2, 0.25) is 16.0 Å². The number of nitrogens with zero attached hydrogens (tertiary/aromatic N) is 3. The first-order valence-corrected chi connectivity index (χ1v) is 13.2. The number of carbonyl (C=O) groups is 1. The van der Waals surface area contributed by atoms with E-state index in [1.165, 1.54) is 46.5 Å². The molecule has 0 unspecified atom stereocenters. The van der Waals surface area contributed by atoms with E-state index >= 15 is 0 Å². The van der Waals surface area contributed by atoms with E-state index in [4.69, 9.17) is 9.47 Å². The van der Waals surface area contributed by atoms with E-state index in [-0.39, 0.29) is 35.2 Å². The molecule has 3 N–H and O–H groups in total. The van der Waals surface area contributed by atoms with Gasteiger partial charge in [-0.25, -0.2) is 17.8 Å². The number of hydrogen-bond acceptors (Lipinski definition) is 9. The fourth-order valence-corrected chi connectivity index (χ4v) is 4.03. The van der Waals surface area contributed by atoms with Gasteiger partial charge in [0.15, 0.2) is 0 Å². The Morgan fingerprint density at radius 2 is 1.82 bits per heavy atom. The average Bonchev–Trinajstić information content (AvgIpc) is 2.90. The van der Waals surface area contributed by atoms with Crippen LogP contribution in [0.3, 0.4) is 0 Å². The molecular formula is C24H26F4N6O5S. The lowest BCUT2D eigenvalue weighted by Gasteiger charge is -2.22. The van der Waals surface area contributed by atoms with Gasteiger partial charge in [-0.15, -0.1) is 0 Å². The summed E-state index contributed by atoms with van der Waals surface area (Å²) >= 11 is 0. The zero-order valence-electron chi connectivity index (χ0n) is 22.0. The molecule has 16 heteroatoms. The second-order valence-electron chi connectivity index (χ2n) is 8.27. The molecule has 0 atom stereocenters. The molecule has 0 saturated carbocycles. The molecule has 0 spiro atoms. The largest absolute Gasteiger partial charge is 0.497 e. The van der Waals surface area contributed by atoms with Crippen LogP contribution < -0.4 is 29.7 Å². The molecule has 0 aliphatic heterocycles. The number of sulfonamides is 1. The zero-order chi connectivity index (χ0) is 29.8. The van der Waals surface area contributed by atoms with E-state index in [1.807, 2.05) is 0 Å². The van der Waals surface area contributed by atoms with Gasteiger partial charge in [0.05, 0.1) is 37.4 Å². The lowest BCUT2D eigenvalue weighted by molar-refractivity contribution is -0.137. The van der Waals surface area contributed by atoms with Gasteiger partial charge in [0.25, 0.3) is 5.91 Å². The Morgan fingerprint density at radius 3 is 2.40 bits per heavy atom. The molecule has 40 heavy (non-hydrogen) atoms. The number of aromatic nitrogens is 2. The lowest BCUT2D eigenvalue weighted by Crippen LogP contribution is -2.26. The summed E-state index contributed by atoms with van der Waals surface area (Å²) < 4.78 is 91.4. The number of nitrogens with one attached hydrogen (secondary N) is 3. The molecule has 3 aromatic rings. The number of rotatable bonds is 10. The van der Waals surface area contributed by atoms with Gasteiger partial charge in [0.1, 0.15) is 28.7 Å². The minimum absolute atomic E-state index is 0.00435. The third-order valence-corrected chi connectivity index (χ3v) is 6.87. The van der Waals surface area contributed by atoms with Crippen molar-refractivity contribution in [2.45, 2.75) is 12.7 Å². The Kier molecular flexibility index (Phi) is 8.92. The second-order valence-corrected chi connectivity index (χ2v) is 10.3. The highest BCUT2D eigenvalue weighted by atomic mass is 32.2. The Hall–Kier alpha value is -4.34. The summed E-state index contributed by atoms with van der Waals surface area (Å²) in [5, 5.41) is 7.47. The van der Waals surface area contributed by atoms with Crippen LogP contribution in [0.15, 0.2) is 36.5 Å². The molecule has 0 radical (unpaired) electrons. The van der Waals surface area contributed by atoms with Gasteiger partial charge in [-0.05, 0) is 17.7 Å². The van der Waals surface area contributed by atoms with Crippen molar-refractivity contribution in [3.8, 4) is 11.5 Å². The maximum Gasteiger partial charge on any atom is 0.421 e. The number of alkyl halides is 3. The highest BCUT2D eigenvalue weighted by molar-refractivity contribution is 7.92. The first kappa shape index (κ1) is 30.2. The maximum atomic E-state index is 14.5. The molecule has 216 valence electrons. The number of carbonyl (C=O) groups excluding carboxylic acids is 1. The average molecular weight is 587 g/mol. The minimum atomic E-state index is -4.84. The molecule has 0 aliphatic rings. The summed E-state index contributed by atoms with van der Waals surface area (Å²) in [4.78, 5) is 19.5. The number of anilines is 4. The van der Waals surface area contributed by atoms with Crippen LogP contribution in [-0.2, 0) is 22.7 Å². The van der Waals surface area contributed by atoms with Crippen molar-refractivity contribution < 1.29 is 40.2 Å². The fraction of sp³-hybridized carbons (Fsp3) is 0.292. The van der Waals surface area contributed by atoms with Crippen molar-refractivity contribution in [1.29, 1.82) is 0 Å². The third-order valence-electron chi connectivity index (χ3n) is 5.68. The van der Waals surface area contributed by atoms with Crippen LogP contribution in [-0.4, -0.2) is 58.9 Å². The number of ether oxygens (including phenoxy) is 2. The lowest BCUT2D eigenvalue weighted by atomic mass is 10.1. The molecule has 2 aromatic carbocycles. The van der Waals surface area contributed by atoms with Crippen LogP contribution in [0.2, 0.25) is 0 Å². The van der Waals surface area contributed by atoms with Crippen LogP contribution in [0.1, 0.15) is 21.5 Å². The summed E-state index contributed by atoms with van der Waals surface area (Å²) in [6.45, 7) is -0.266. The van der Waals surface area contributed by atoms with Gasteiger partial charge in [-0.2, -0.15) is 18.2 Å². The van der Waals surface area contributed by atoms with Crippen LogP contribution in [0.25, 0.3) is 0 Å². The third kappa shape index (κ3) is 6.80. The van der Waals surface area contributed by atoms with Gasteiger partial charge >= 0.3 is 6.18 Å². The van der Waals surface area contributed by atoms with Gasteiger partial charge in [-0.3, -0.25) is 9.10 Å². The van der Waals surface area contributed by atoms with Crippen molar-refractivity contribution in [3.63, 3.8) is 0 Å². The molecule has 1 heterocycles. The molecule has 1 aromatic heterocycles. The summed E-state index contributed by atoms with van der Waals surface area (Å²) in [6.07, 6.45) is -3.32. The highest BCUT2D eigenvalue weighted by Gasteiger charge is 2.35. The van der Waals surface area contributed by atoms with E-state index in [0.29, 0.717) is 17.5 Å². The molecule has 0 fully saturated rings. The molecule has 1 amide bonds. The topological polar surface area (TPSA) is 135 Å². The minimum Gasteiger partial charge on any atom is -0.497 e. The normalized spacial score (nSPS) is 11.5. The summed E-state index contributed by atoms with van der Waals surface area (Å²) in [6, 6.07) is 6.49. The Balaban J connectivity index is 2.00. The van der Waals surface area contributed by atoms with Crippen molar-refractivity contribution in [2.75, 3.05) is 49.5 Å². The number of methoxy groups -OCH3 is 2. The number of halogens is 4. The predicted octanol–water partition coefficient (Wildman–Crippen LogP) is 3.76. The number of hydrogen-bond donors (Lipinski definition) is 3. The van der Waals surface area contributed by atoms with Gasteiger partial charge < -0.3 is 25.4 Å². The number of benzene rings is 2.